The summed E-state index contributed by atoms with van der Waals surface area (Å²) in [5, 5.41) is 3.10. The lowest BCUT2D eigenvalue weighted by Crippen LogP contribution is -2.22. The maximum Gasteiger partial charge on any atom is 0.341 e. The molecule has 2 aromatic rings. The Kier molecular flexibility index (Phi) is 7.33. The summed E-state index contributed by atoms with van der Waals surface area (Å²) in [5.41, 5.74) is 2.74. The molecule has 0 saturated carbocycles. The van der Waals surface area contributed by atoms with E-state index >= 15 is 0 Å². The van der Waals surface area contributed by atoms with Crippen LogP contribution in [0.1, 0.15) is 35.3 Å². The van der Waals surface area contributed by atoms with Gasteiger partial charge in [-0.3, -0.25) is 4.79 Å². The summed E-state index contributed by atoms with van der Waals surface area (Å²) >= 11 is 17.9. The number of halogens is 3. The van der Waals surface area contributed by atoms with Crippen molar-refractivity contribution in [3.8, 4) is 0 Å². The van der Waals surface area contributed by atoms with E-state index in [1.54, 1.807) is 0 Å². The van der Waals surface area contributed by atoms with E-state index in [0.717, 1.165) is 29.7 Å². The van der Waals surface area contributed by atoms with Crippen LogP contribution in [0.4, 0.5) is 5.69 Å². The van der Waals surface area contributed by atoms with Gasteiger partial charge in [0.25, 0.3) is 5.91 Å². The third kappa shape index (κ3) is 4.70. The molecule has 2 aromatic carbocycles. The van der Waals surface area contributed by atoms with Crippen molar-refractivity contribution in [2.24, 2.45) is 0 Å². The predicted octanol–water partition coefficient (Wildman–Crippen LogP) is 5.57. The van der Waals surface area contributed by atoms with E-state index in [0.29, 0.717) is 0 Å². The van der Waals surface area contributed by atoms with E-state index in [9.17, 15) is 9.59 Å². The Morgan fingerprint density at radius 3 is 2.12 bits per heavy atom. The minimum Gasteiger partial charge on any atom is -0.452 e. The fourth-order valence-electron chi connectivity index (χ4n) is 2.50. The lowest BCUT2D eigenvalue weighted by molar-refractivity contribution is -0.119. The van der Waals surface area contributed by atoms with Gasteiger partial charge in [0.2, 0.25) is 0 Å². The maximum atomic E-state index is 12.2. The molecule has 0 saturated heterocycles. The molecule has 26 heavy (non-hydrogen) atoms. The first-order chi connectivity index (χ1) is 12.4. The topological polar surface area (TPSA) is 55.4 Å². The second-order valence-electron chi connectivity index (χ2n) is 5.50. The van der Waals surface area contributed by atoms with E-state index in [1.807, 2.05) is 32.0 Å². The Hall–Kier alpha value is -1.75. The van der Waals surface area contributed by atoms with Crippen LogP contribution in [0.2, 0.25) is 15.1 Å². The van der Waals surface area contributed by atoms with Crippen molar-refractivity contribution in [2.45, 2.75) is 26.7 Å². The number of ether oxygens (including phenoxy) is 1. The van der Waals surface area contributed by atoms with E-state index in [4.69, 9.17) is 39.5 Å². The van der Waals surface area contributed by atoms with E-state index < -0.39 is 18.5 Å². The zero-order valence-electron chi connectivity index (χ0n) is 14.4. The Morgan fingerprint density at radius 1 is 0.962 bits per heavy atom. The van der Waals surface area contributed by atoms with Gasteiger partial charge in [-0.25, -0.2) is 4.79 Å². The van der Waals surface area contributed by atoms with E-state index in [2.05, 4.69) is 5.32 Å². The SMILES string of the molecule is CCc1cccc(CC)c1NC(=O)COC(=O)c1c(Cl)ccc(Cl)c1Cl. The van der Waals surface area contributed by atoms with Gasteiger partial charge in [-0.1, -0.05) is 66.8 Å². The summed E-state index contributed by atoms with van der Waals surface area (Å²) < 4.78 is 5.05. The van der Waals surface area contributed by atoms with Crippen LogP contribution < -0.4 is 5.32 Å². The molecule has 0 heterocycles. The number of carbonyl (C=O) groups is 2. The van der Waals surface area contributed by atoms with Crippen LogP contribution in [-0.4, -0.2) is 18.5 Å². The minimum atomic E-state index is -0.808. The van der Waals surface area contributed by atoms with Crippen LogP contribution in [0.15, 0.2) is 30.3 Å². The molecule has 0 unspecified atom stereocenters. The molecular weight excluding hydrogens is 397 g/mol. The minimum absolute atomic E-state index is 0.00540. The number of para-hydroxylation sites is 1. The third-order valence-corrected chi connectivity index (χ3v) is 4.96. The van der Waals surface area contributed by atoms with Crippen LogP contribution >= 0.6 is 34.8 Å². The van der Waals surface area contributed by atoms with E-state index in [-0.39, 0.29) is 20.6 Å². The first kappa shape index (κ1) is 20.6. The summed E-state index contributed by atoms with van der Waals surface area (Å²) in [6, 6.07) is 8.77. The fourth-order valence-corrected chi connectivity index (χ4v) is 3.18. The van der Waals surface area contributed by atoms with Gasteiger partial charge in [-0.05, 0) is 36.1 Å². The Labute approximate surface area is 167 Å². The third-order valence-electron chi connectivity index (χ3n) is 3.85. The number of hydrogen-bond donors (Lipinski definition) is 1. The molecule has 0 radical (unpaired) electrons. The number of nitrogens with one attached hydrogen (secondary N) is 1. The van der Waals surface area contributed by atoms with Crippen LogP contribution in [0.3, 0.4) is 0 Å². The molecule has 2 rings (SSSR count). The quantitative estimate of drug-likeness (QED) is 0.497. The summed E-state index contributed by atoms with van der Waals surface area (Å²) in [5.74, 6) is -1.25. The van der Waals surface area contributed by atoms with Crippen molar-refractivity contribution in [1.29, 1.82) is 0 Å². The van der Waals surface area contributed by atoms with Gasteiger partial charge in [-0.2, -0.15) is 0 Å². The molecule has 0 atom stereocenters. The van der Waals surface area contributed by atoms with Gasteiger partial charge in [0, 0.05) is 5.69 Å². The summed E-state index contributed by atoms with van der Waals surface area (Å²) in [6.45, 7) is 3.56. The molecule has 1 amide bonds. The number of anilines is 1. The maximum absolute atomic E-state index is 12.2. The number of benzene rings is 2. The molecular formula is C19H18Cl3NO3. The van der Waals surface area contributed by atoms with Gasteiger partial charge >= 0.3 is 5.97 Å². The normalized spacial score (nSPS) is 10.5. The number of esters is 1. The number of rotatable bonds is 6. The molecule has 0 aliphatic carbocycles. The molecule has 138 valence electrons. The van der Waals surface area contributed by atoms with E-state index in [1.165, 1.54) is 12.1 Å². The predicted molar refractivity (Wildman–Crippen MR) is 106 cm³/mol. The largest absolute Gasteiger partial charge is 0.452 e. The first-order valence-electron chi connectivity index (χ1n) is 8.10. The highest BCUT2D eigenvalue weighted by Gasteiger charge is 2.20. The monoisotopic (exact) mass is 413 g/mol. The van der Waals surface area contributed by atoms with Crippen molar-refractivity contribution in [3.05, 3.63) is 62.1 Å². The second-order valence-corrected chi connectivity index (χ2v) is 6.69. The summed E-state index contributed by atoms with van der Waals surface area (Å²) in [4.78, 5) is 24.5. The Balaban J connectivity index is 2.09. The average molecular weight is 415 g/mol. The first-order valence-corrected chi connectivity index (χ1v) is 9.23. The molecule has 0 aromatic heterocycles. The van der Waals surface area contributed by atoms with Crippen molar-refractivity contribution < 1.29 is 14.3 Å². The summed E-state index contributed by atoms with van der Waals surface area (Å²) in [6.07, 6.45) is 1.55. The Bertz CT molecular complexity index is 815. The van der Waals surface area contributed by atoms with Crippen LogP contribution in [0, 0.1) is 0 Å². The lowest BCUT2D eigenvalue weighted by Gasteiger charge is -2.14. The van der Waals surface area contributed by atoms with Gasteiger partial charge in [-0.15, -0.1) is 0 Å². The molecule has 4 nitrogen and oxygen atoms in total. The molecule has 0 bridgehead atoms. The lowest BCUT2D eigenvalue weighted by atomic mass is 10.0. The smallest absolute Gasteiger partial charge is 0.341 e. The molecule has 0 fully saturated rings. The van der Waals surface area contributed by atoms with Crippen LogP contribution in [0.5, 0.6) is 0 Å². The van der Waals surface area contributed by atoms with Gasteiger partial charge in [0.1, 0.15) is 0 Å². The highest BCUT2D eigenvalue weighted by molar-refractivity contribution is 6.46. The highest BCUT2D eigenvalue weighted by atomic mass is 35.5. The van der Waals surface area contributed by atoms with Gasteiger partial charge in [0.15, 0.2) is 6.61 Å². The molecule has 7 heteroatoms. The number of hydrogen-bond acceptors (Lipinski definition) is 3. The van der Waals surface area contributed by atoms with Crippen molar-refractivity contribution in [2.75, 3.05) is 11.9 Å². The van der Waals surface area contributed by atoms with Crippen LogP contribution in [0.25, 0.3) is 0 Å². The number of carbonyl (C=O) groups excluding carboxylic acids is 2. The van der Waals surface area contributed by atoms with Gasteiger partial charge in [0.05, 0.1) is 20.6 Å². The van der Waals surface area contributed by atoms with Crippen molar-refractivity contribution in [1.82, 2.24) is 0 Å². The fraction of sp³-hybridized carbons (Fsp3) is 0.263. The standard InChI is InChI=1S/C19H18Cl3NO3/c1-3-11-6-5-7-12(4-2)18(11)23-15(24)10-26-19(25)16-13(20)8-9-14(21)17(16)22/h5-9H,3-4,10H2,1-2H3,(H,23,24). The highest BCUT2D eigenvalue weighted by Crippen LogP contribution is 2.32. The zero-order valence-corrected chi connectivity index (χ0v) is 16.6. The average Bonchev–Trinajstić information content (AvgIpc) is 2.63. The van der Waals surface area contributed by atoms with Gasteiger partial charge < -0.3 is 10.1 Å². The number of amides is 1. The number of aryl methyl sites for hydroxylation is 2. The molecule has 1 N–H and O–H groups in total. The molecule has 0 spiro atoms. The zero-order chi connectivity index (χ0) is 19.3. The summed E-state index contributed by atoms with van der Waals surface area (Å²) in [7, 11) is 0. The van der Waals surface area contributed by atoms with Crippen molar-refractivity contribution in [3.63, 3.8) is 0 Å². The molecule has 0 aliphatic rings. The Morgan fingerprint density at radius 2 is 1.54 bits per heavy atom. The van der Waals surface area contributed by atoms with Crippen LogP contribution in [-0.2, 0) is 22.4 Å². The van der Waals surface area contributed by atoms with Crippen molar-refractivity contribution >= 4 is 52.4 Å². The second kappa shape index (κ2) is 9.26. The molecule has 0 aliphatic heterocycles.